The maximum atomic E-state index is 13.9. The fourth-order valence-electron chi connectivity index (χ4n) is 3.86. The fraction of sp³-hybridized carbons (Fsp3) is 0.333. The summed E-state index contributed by atoms with van der Waals surface area (Å²) < 4.78 is 13.9. The van der Waals surface area contributed by atoms with Crippen molar-refractivity contribution in [2.45, 2.75) is 36.8 Å². The van der Waals surface area contributed by atoms with Gasteiger partial charge in [0.05, 0.1) is 5.92 Å². The number of rotatable bonds is 3. The van der Waals surface area contributed by atoms with E-state index in [9.17, 15) is 9.18 Å². The van der Waals surface area contributed by atoms with Crippen LogP contribution in [0.1, 0.15) is 42.4 Å². The minimum absolute atomic E-state index is 0.124. The van der Waals surface area contributed by atoms with E-state index in [4.69, 9.17) is 11.5 Å². The molecule has 1 amide bonds. The Morgan fingerprint density at radius 1 is 1.15 bits per heavy atom. The number of carbonyl (C=O) groups is 1. The topological polar surface area (TPSA) is 84.7 Å². The van der Waals surface area contributed by atoms with Crippen molar-refractivity contribution in [3.63, 3.8) is 0 Å². The smallest absolute Gasteiger partial charge is 0.239 e. The number of hydrogen-bond donors (Lipinski definition) is 2. The van der Waals surface area contributed by atoms with Crippen molar-refractivity contribution in [3.8, 4) is 0 Å². The average Bonchev–Trinajstić information content (AvgIpc) is 3.39. The molecule has 6 heteroatoms. The van der Waals surface area contributed by atoms with E-state index in [1.54, 1.807) is 19.2 Å². The van der Waals surface area contributed by atoms with Crippen molar-refractivity contribution >= 4 is 11.9 Å². The number of carbonyl (C=O) groups excluding carboxylic acids is 1. The lowest BCUT2D eigenvalue weighted by Crippen LogP contribution is -2.52. The molecule has 0 saturated heterocycles. The Morgan fingerprint density at radius 2 is 1.81 bits per heavy atom. The molecule has 5 nitrogen and oxygen atoms in total. The standard InChI is InChI=1S/C21H23FN4O/c1-20(15-4-3-5-16(22)12-15)17(18(27)26(2)19(23)25-20)13-6-8-14(9-7-13)21(24)10-11-21/h3-9,12,17H,10-11,24H2,1-2H3,(H2,23,25)/t17-,20-/m1/s1. The van der Waals surface area contributed by atoms with Gasteiger partial charge in [-0.15, -0.1) is 0 Å². The van der Waals surface area contributed by atoms with Gasteiger partial charge in [-0.05, 0) is 48.6 Å². The Bertz CT molecular complexity index is 935. The number of nitrogens with zero attached hydrogens (tertiary/aromatic N) is 2. The van der Waals surface area contributed by atoms with Crippen LogP contribution in [-0.2, 0) is 15.9 Å². The summed E-state index contributed by atoms with van der Waals surface area (Å²) >= 11 is 0. The zero-order valence-electron chi connectivity index (χ0n) is 15.4. The number of likely N-dealkylation sites (N-methyl/N-ethyl adjacent to an activating group) is 1. The molecule has 1 aliphatic carbocycles. The molecule has 2 aromatic carbocycles. The molecule has 1 aliphatic heterocycles. The molecule has 1 heterocycles. The molecule has 0 unspecified atom stereocenters. The van der Waals surface area contributed by atoms with Crippen LogP contribution in [0.15, 0.2) is 53.5 Å². The Kier molecular flexibility index (Phi) is 3.85. The van der Waals surface area contributed by atoms with Crippen LogP contribution < -0.4 is 11.5 Å². The van der Waals surface area contributed by atoms with E-state index >= 15 is 0 Å². The molecule has 27 heavy (non-hydrogen) atoms. The normalized spacial score (nSPS) is 26.7. The molecule has 4 N–H and O–H groups in total. The predicted octanol–water partition coefficient (Wildman–Crippen LogP) is 2.56. The van der Waals surface area contributed by atoms with Gasteiger partial charge in [0.15, 0.2) is 5.96 Å². The van der Waals surface area contributed by atoms with E-state index in [1.807, 2.05) is 31.2 Å². The third-order valence-corrected chi connectivity index (χ3v) is 5.85. The monoisotopic (exact) mass is 366 g/mol. The Labute approximate surface area is 157 Å². The second-order valence-corrected chi connectivity index (χ2v) is 7.74. The van der Waals surface area contributed by atoms with Crippen LogP contribution in [0.25, 0.3) is 0 Å². The molecule has 2 aliphatic rings. The lowest BCUT2D eigenvalue weighted by atomic mass is 9.74. The predicted molar refractivity (Wildman–Crippen MR) is 102 cm³/mol. The molecule has 0 radical (unpaired) electrons. The number of hydrogen-bond acceptors (Lipinski definition) is 4. The molecular formula is C21H23FN4O. The molecule has 4 rings (SSSR count). The quantitative estimate of drug-likeness (QED) is 0.875. The molecule has 140 valence electrons. The van der Waals surface area contributed by atoms with Gasteiger partial charge in [0.1, 0.15) is 11.4 Å². The van der Waals surface area contributed by atoms with Crippen LogP contribution in [0.3, 0.4) is 0 Å². The molecule has 0 spiro atoms. The summed E-state index contributed by atoms with van der Waals surface area (Å²) in [6, 6.07) is 14.0. The van der Waals surface area contributed by atoms with Gasteiger partial charge in [-0.25, -0.2) is 9.38 Å². The largest absolute Gasteiger partial charge is 0.369 e. The van der Waals surface area contributed by atoms with Crippen LogP contribution >= 0.6 is 0 Å². The van der Waals surface area contributed by atoms with Gasteiger partial charge in [-0.1, -0.05) is 36.4 Å². The van der Waals surface area contributed by atoms with Crippen molar-refractivity contribution in [3.05, 3.63) is 71.0 Å². The average molecular weight is 366 g/mol. The number of nitrogens with two attached hydrogens (primary N) is 2. The van der Waals surface area contributed by atoms with Gasteiger partial charge in [-0.2, -0.15) is 0 Å². The number of amides is 1. The first-order valence-electron chi connectivity index (χ1n) is 9.03. The molecule has 2 atom stereocenters. The zero-order valence-corrected chi connectivity index (χ0v) is 15.4. The minimum atomic E-state index is -1.00. The summed E-state index contributed by atoms with van der Waals surface area (Å²) in [5, 5.41) is 0. The molecular weight excluding hydrogens is 343 g/mol. The molecule has 1 fully saturated rings. The van der Waals surface area contributed by atoms with E-state index < -0.39 is 11.5 Å². The lowest BCUT2D eigenvalue weighted by molar-refractivity contribution is -0.130. The van der Waals surface area contributed by atoms with Crippen molar-refractivity contribution in [1.29, 1.82) is 0 Å². The first kappa shape index (κ1) is 17.7. The van der Waals surface area contributed by atoms with Crippen LogP contribution in [-0.4, -0.2) is 23.8 Å². The summed E-state index contributed by atoms with van der Waals surface area (Å²) in [6.07, 6.45) is 1.94. The fourth-order valence-corrected chi connectivity index (χ4v) is 3.86. The van der Waals surface area contributed by atoms with Crippen molar-refractivity contribution in [2.24, 2.45) is 16.5 Å². The maximum absolute atomic E-state index is 13.9. The highest BCUT2D eigenvalue weighted by molar-refractivity contribution is 6.02. The van der Waals surface area contributed by atoms with Crippen molar-refractivity contribution in [2.75, 3.05) is 7.05 Å². The number of halogens is 1. The van der Waals surface area contributed by atoms with E-state index in [1.165, 1.54) is 17.0 Å². The minimum Gasteiger partial charge on any atom is -0.369 e. The maximum Gasteiger partial charge on any atom is 0.239 e. The summed E-state index contributed by atoms with van der Waals surface area (Å²) in [5.74, 6) is -1.03. The van der Waals surface area contributed by atoms with Crippen LogP contribution in [0.4, 0.5) is 4.39 Å². The molecule has 0 aromatic heterocycles. The van der Waals surface area contributed by atoms with Gasteiger partial charge < -0.3 is 11.5 Å². The Balaban J connectivity index is 1.83. The lowest BCUT2D eigenvalue weighted by Gasteiger charge is -2.41. The van der Waals surface area contributed by atoms with Gasteiger partial charge in [0, 0.05) is 12.6 Å². The second-order valence-electron chi connectivity index (χ2n) is 7.74. The van der Waals surface area contributed by atoms with E-state index in [0.29, 0.717) is 5.56 Å². The van der Waals surface area contributed by atoms with E-state index in [2.05, 4.69) is 4.99 Å². The summed E-state index contributed by atoms with van der Waals surface area (Å²) in [4.78, 5) is 19.1. The highest BCUT2D eigenvalue weighted by Crippen LogP contribution is 2.46. The van der Waals surface area contributed by atoms with Crippen LogP contribution in [0, 0.1) is 5.82 Å². The van der Waals surface area contributed by atoms with Crippen molar-refractivity contribution in [1.82, 2.24) is 4.90 Å². The highest BCUT2D eigenvalue weighted by atomic mass is 19.1. The molecule has 2 aromatic rings. The number of guanidine groups is 1. The molecule has 0 bridgehead atoms. The number of benzene rings is 2. The van der Waals surface area contributed by atoms with E-state index in [0.717, 1.165) is 24.0 Å². The van der Waals surface area contributed by atoms with Gasteiger partial charge in [0.2, 0.25) is 5.91 Å². The van der Waals surface area contributed by atoms with Gasteiger partial charge >= 0.3 is 0 Å². The third-order valence-electron chi connectivity index (χ3n) is 5.85. The first-order chi connectivity index (χ1) is 12.7. The SMILES string of the molecule is CN1C(=O)[C@@H](c2ccc(C3(N)CC3)cc2)[C@@](C)(c2cccc(F)c2)N=C1N. The zero-order chi connectivity index (χ0) is 19.4. The summed E-state index contributed by atoms with van der Waals surface area (Å²) in [6.45, 7) is 1.82. The van der Waals surface area contributed by atoms with E-state index in [-0.39, 0.29) is 23.2 Å². The second kappa shape index (κ2) is 5.89. The van der Waals surface area contributed by atoms with Gasteiger partial charge in [-0.3, -0.25) is 9.69 Å². The molecule has 1 saturated carbocycles. The number of aliphatic imine (C=N–C) groups is 1. The van der Waals surface area contributed by atoms with Gasteiger partial charge in [0.25, 0.3) is 0 Å². The summed E-state index contributed by atoms with van der Waals surface area (Å²) in [5.41, 5.74) is 13.5. The van der Waals surface area contributed by atoms with Crippen LogP contribution in [0.5, 0.6) is 0 Å². The summed E-state index contributed by atoms with van der Waals surface area (Å²) in [7, 11) is 1.60. The highest BCUT2D eigenvalue weighted by Gasteiger charge is 2.47. The first-order valence-corrected chi connectivity index (χ1v) is 9.03. The third kappa shape index (κ3) is 2.80. The van der Waals surface area contributed by atoms with Crippen molar-refractivity contribution < 1.29 is 9.18 Å². The Hall–Kier alpha value is -2.73. The van der Waals surface area contributed by atoms with Crippen LogP contribution in [0.2, 0.25) is 0 Å². The Morgan fingerprint density at radius 3 is 2.41 bits per heavy atom.